The molecule has 1 rings (SSSR count). The Balaban J connectivity index is 3.02. The van der Waals surface area contributed by atoms with Gasteiger partial charge in [-0.2, -0.15) is 0 Å². The maximum absolute atomic E-state index is 5.91. The van der Waals surface area contributed by atoms with Crippen molar-refractivity contribution in [2.45, 2.75) is 58.5 Å². The van der Waals surface area contributed by atoms with Crippen LogP contribution in [0.2, 0.25) is 0 Å². The summed E-state index contributed by atoms with van der Waals surface area (Å²) in [6.45, 7) is 11.1. The van der Waals surface area contributed by atoms with E-state index in [9.17, 15) is 0 Å². The standard InChI is InChI=1S/C16H30N4/c1-5-16(6-2,20(7-3)8-4)15(19-17)13-14-9-11-18-12-10-14/h9-12,15,19H,5-8,13,17H2,1-4H3. The third-order valence-electron chi connectivity index (χ3n) is 4.66. The summed E-state index contributed by atoms with van der Waals surface area (Å²) in [4.78, 5) is 6.63. The summed E-state index contributed by atoms with van der Waals surface area (Å²) in [7, 11) is 0. The van der Waals surface area contributed by atoms with E-state index in [1.165, 1.54) is 5.56 Å². The molecule has 1 atom stereocenters. The van der Waals surface area contributed by atoms with Crippen molar-refractivity contribution in [1.29, 1.82) is 0 Å². The van der Waals surface area contributed by atoms with Crippen LogP contribution in [0.3, 0.4) is 0 Å². The number of hydrogen-bond donors (Lipinski definition) is 2. The van der Waals surface area contributed by atoms with Crippen LogP contribution in [0.5, 0.6) is 0 Å². The Labute approximate surface area is 123 Å². The molecule has 1 unspecified atom stereocenters. The van der Waals surface area contributed by atoms with Crippen molar-refractivity contribution < 1.29 is 0 Å². The summed E-state index contributed by atoms with van der Waals surface area (Å²) in [5.74, 6) is 5.91. The van der Waals surface area contributed by atoms with Crippen molar-refractivity contribution in [3.8, 4) is 0 Å². The van der Waals surface area contributed by atoms with Gasteiger partial charge in [0, 0.05) is 24.0 Å². The molecule has 0 radical (unpaired) electrons. The van der Waals surface area contributed by atoms with E-state index in [1.54, 1.807) is 0 Å². The van der Waals surface area contributed by atoms with E-state index in [1.807, 2.05) is 12.4 Å². The minimum Gasteiger partial charge on any atom is -0.297 e. The van der Waals surface area contributed by atoms with Crippen LogP contribution in [0, 0.1) is 0 Å². The number of nitrogens with zero attached hydrogens (tertiary/aromatic N) is 2. The van der Waals surface area contributed by atoms with Crippen molar-refractivity contribution >= 4 is 0 Å². The Hall–Kier alpha value is -0.970. The van der Waals surface area contributed by atoms with Gasteiger partial charge >= 0.3 is 0 Å². The molecule has 4 nitrogen and oxygen atoms in total. The molecule has 4 heteroatoms. The third kappa shape index (κ3) is 3.57. The van der Waals surface area contributed by atoms with Crippen LogP contribution >= 0.6 is 0 Å². The van der Waals surface area contributed by atoms with Gasteiger partial charge in [0.05, 0.1) is 0 Å². The van der Waals surface area contributed by atoms with Gasteiger partial charge in [0.15, 0.2) is 0 Å². The molecule has 1 aromatic rings. The van der Waals surface area contributed by atoms with E-state index in [4.69, 9.17) is 5.84 Å². The van der Waals surface area contributed by atoms with Crippen molar-refractivity contribution in [2.24, 2.45) is 5.84 Å². The smallest absolute Gasteiger partial charge is 0.0434 e. The van der Waals surface area contributed by atoms with E-state index >= 15 is 0 Å². The Morgan fingerprint density at radius 2 is 1.70 bits per heavy atom. The summed E-state index contributed by atoms with van der Waals surface area (Å²) in [5.41, 5.74) is 4.46. The highest BCUT2D eigenvalue weighted by atomic mass is 15.3. The van der Waals surface area contributed by atoms with Gasteiger partial charge < -0.3 is 0 Å². The molecule has 0 saturated heterocycles. The predicted molar refractivity (Wildman–Crippen MR) is 85.3 cm³/mol. The van der Waals surface area contributed by atoms with Gasteiger partial charge in [-0.05, 0) is 50.0 Å². The number of nitrogens with one attached hydrogen (secondary N) is 1. The minimum absolute atomic E-state index is 0.0987. The maximum atomic E-state index is 5.91. The van der Waals surface area contributed by atoms with Gasteiger partial charge in [-0.3, -0.25) is 21.2 Å². The highest BCUT2D eigenvalue weighted by Crippen LogP contribution is 2.29. The molecule has 0 fully saturated rings. The summed E-state index contributed by atoms with van der Waals surface area (Å²) in [6.07, 6.45) is 6.80. The van der Waals surface area contributed by atoms with Crippen molar-refractivity contribution in [3.63, 3.8) is 0 Å². The maximum Gasteiger partial charge on any atom is 0.0434 e. The largest absolute Gasteiger partial charge is 0.297 e. The average Bonchev–Trinajstić information content (AvgIpc) is 2.51. The molecule has 114 valence electrons. The number of hydrazine groups is 1. The van der Waals surface area contributed by atoms with E-state index < -0.39 is 0 Å². The van der Waals surface area contributed by atoms with Gasteiger partial charge in [0.25, 0.3) is 0 Å². The fourth-order valence-corrected chi connectivity index (χ4v) is 3.42. The first-order valence-electron chi connectivity index (χ1n) is 7.78. The number of rotatable bonds is 9. The molecule has 0 aliphatic heterocycles. The number of hydrogen-bond acceptors (Lipinski definition) is 4. The predicted octanol–water partition coefficient (Wildman–Crippen LogP) is 2.36. The van der Waals surface area contributed by atoms with Crippen molar-refractivity contribution in [1.82, 2.24) is 15.3 Å². The monoisotopic (exact) mass is 278 g/mol. The van der Waals surface area contributed by atoms with Crippen LogP contribution in [0.4, 0.5) is 0 Å². The van der Waals surface area contributed by atoms with Crippen LogP contribution < -0.4 is 11.3 Å². The highest BCUT2D eigenvalue weighted by Gasteiger charge is 2.39. The zero-order chi connectivity index (χ0) is 15.0. The molecular formula is C16H30N4. The Bertz CT molecular complexity index is 358. The van der Waals surface area contributed by atoms with Crippen molar-refractivity contribution in [2.75, 3.05) is 13.1 Å². The minimum atomic E-state index is 0.0987. The zero-order valence-corrected chi connectivity index (χ0v) is 13.4. The summed E-state index contributed by atoms with van der Waals surface area (Å²) in [5, 5.41) is 0. The quantitative estimate of drug-likeness (QED) is 0.538. The van der Waals surface area contributed by atoms with Crippen LogP contribution in [-0.2, 0) is 6.42 Å². The molecule has 0 amide bonds. The van der Waals surface area contributed by atoms with Crippen LogP contribution in [-0.4, -0.2) is 34.6 Å². The van der Waals surface area contributed by atoms with Gasteiger partial charge in [0.2, 0.25) is 0 Å². The first-order chi connectivity index (χ1) is 9.68. The molecule has 0 aliphatic rings. The lowest BCUT2D eigenvalue weighted by Gasteiger charge is -2.47. The van der Waals surface area contributed by atoms with E-state index in [0.717, 1.165) is 32.4 Å². The molecule has 0 saturated carbocycles. The second-order valence-corrected chi connectivity index (χ2v) is 5.26. The molecular weight excluding hydrogens is 248 g/mol. The molecule has 1 heterocycles. The summed E-state index contributed by atoms with van der Waals surface area (Å²) < 4.78 is 0. The van der Waals surface area contributed by atoms with Crippen LogP contribution in [0.25, 0.3) is 0 Å². The Morgan fingerprint density at radius 1 is 1.15 bits per heavy atom. The van der Waals surface area contributed by atoms with Crippen molar-refractivity contribution in [3.05, 3.63) is 30.1 Å². The van der Waals surface area contributed by atoms with Gasteiger partial charge in [-0.1, -0.05) is 27.7 Å². The number of pyridine rings is 1. The average molecular weight is 278 g/mol. The second kappa shape index (κ2) is 8.35. The second-order valence-electron chi connectivity index (χ2n) is 5.26. The first kappa shape index (κ1) is 17.1. The molecule has 3 N–H and O–H groups in total. The lowest BCUT2D eigenvalue weighted by molar-refractivity contribution is 0.0492. The number of nitrogens with two attached hydrogens (primary N) is 1. The van der Waals surface area contributed by atoms with E-state index in [0.29, 0.717) is 0 Å². The van der Waals surface area contributed by atoms with Gasteiger partial charge in [-0.25, -0.2) is 0 Å². The first-order valence-corrected chi connectivity index (χ1v) is 7.78. The van der Waals surface area contributed by atoms with E-state index in [-0.39, 0.29) is 11.6 Å². The SMILES string of the molecule is CCN(CC)C(CC)(CC)C(Cc1ccncc1)NN. The normalized spacial score (nSPS) is 13.7. The van der Waals surface area contributed by atoms with Crippen LogP contribution in [0.15, 0.2) is 24.5 Å². The fourth-order valence-electron chi connectivity index (χ4n) is 3.42. The highest BCUT2D eigenvalue weighted by molar-refractivity contribution is 5.14. The lowest BCUT2D eigenvalue weighted by Crippen LogP contribution is -2.63. The molecule has 1 aromatic heterocycles. The topological polar surface area (TPSA) is 54.2 Å². The molecule has 20 heavy (non-hydrogen) atoms. The Morgan fingerprint density at radius 3 is 2.10 bits per heavy atom. The number of aromatic nitrogens is 1. The zero-order valence-electron chi connectivity index (χ0n) is 13.4. The summed E-state index contributed by atoms with van der Waals surface area (Å²) >= 11 is 0. The summed E-state index contributed by atoms with van der Waals surface area (Å²) in [6, 6.07) is 4.38. The lowest BCUT2D eigenvalue weighted by atomic mass is 9.80. The molecule has 0 spiro atoms. The molecule has 0 bridgehead atoms. The Kier molecular flexibility index (Phi) is 7.13. The molecule has 0 aromatic carbocycles. The fraction of sp³-hybridized carbons (Fsp3) is 0.688. The molecule has 0 aliphatic carbocycles. The number of likely N-dealkylation sites (N-methyl/N-ethyl adjacent to an activating group) is 1. The van der Waals surface area contributed by atoms with Crippen LogP contribution in [0.1, 0.15) is 46.1 Å². The van der Waals surface area contributed by atoms with E-state index in [2.05, 4.69) is 55.1 Å². The van der Waals surface area contributed by atoms with Gasteiger partial charge in [-0.15, -0.1) is 0 Å². The van der Waals surface area contributed by atoms with Gasteiger partial charge in [0.1, 0.15) is 0 Å². The third-order valence-corrected chi connectivity index (χ3v) is 4.66.